The van der Waals surface area contributed by atoms with Gasteiger partial charge in [0.2, 0.25) is 0 Å². The second-order valence-corrected chi connectivity index (χ2v) is 14.7. The zero-order chi connectivity index (χ0) is 16.6. The highest BCUT2D eigenvalue weighted by atomic mass is 31.1. The highest BCUT2D eigenvalue weighted by Crippen LogP contribution is 2.70. The van der Waals surface area contributed by atoms with E-state index in [0.717, 1.165) is 46.3 Å². The molecule has 1 aromatic carbocycles. The van der Waals surface area contributed by atoms with Gasteiger partial charge in [-0.15, -0.1) is 0 Å². The van der Waals surface area contributed by atoms with Crippen molar-refractivity contribution in [1.82, 2.24) is 0 Å². The third kappa shape index (κ3) is 2.18. The van der Waals surface area contributed by atoms with Crippen molar-refractivity contribution in [1.29, 1.82) is 0 Å². The third-order valence-corrected chi connectivity index (χ3v) is 15.8. The summed E-state index contributed by atoms with van der Waals surface area (Å²) in [5.41, 5.74) is 4.13. The molecule has 0 radical (unpaired) electrons. The van der Waals surface area contributed by atoms with Crippen LogP contribution in [-0.4, -0.2) is 22.6 Å². The number of rotatable bonds is 2. The molecule has 0 aliphatic carbocycles. The summed E-state index contributed by atoms with van der Waals surface area (Å²) in [6, 6.07) is 9.86. The van der Waals surface area contributed by atoms with E-state index in [1.807, 2.05) is 10.6 Å². The quantitative estimate of drug-likeness (QED) is 0.610. The lowest BCUT2D eigenvalue weighted by Gasteiger charge is -2.27. The highest BCUT2D eigenvalue weighted by Gasteiger charge is 2.54. The molecule has 4 heterocycles. The van der Waals surface area contributed by atoms with Gasteiger partial charge in [-0.2, -0.15) is 0 Å². The molecular formula is C22H32P2. The van der Waals surface area contributed by atoms with Crippen molar-refractivity contribution < 1.29 is 0 Å². The van der Waals surface area contributed by atoms with Crippen molar-refractivity contribution in [3.8, 4) is 0 Å². The van der Waals surface area contributed by atoms with E-state index < -0.39 is 0 Å². The zero-order valence-electron chi connectivity index (χ0n) is 15.7. The Morgan fingerprint density at radius 2 is 0.875 bits per heavy atom. The van der Waals surface area contributed by atoms with Crippen molar-refractivity contribution in [3.05, 3.63) is 24.3 Å². The number of hydrogen-bond acceptors (Lipinski definition) is 0. The SMILES string of the molecule is CC1CC2C(C)CC1P2c1ccccc1P1[C@@H]2C[C@H](C)[C@H]1C[C@@H]2C. The summed E-state index contributed by atoms with van der Waals surface area (Å²) in [7, 11) is 0.220. The van der Waals surface area contributed by atoms with Gasteiger partial charge in [-0.1, -0.05) is 67.8 Å². The van der Waals surface area contributed by atoms with E-state index in [-0.39, 0.29) is 15.8 Å². The first kappa shape index (κ1) is 16.3. The Hall–Kier alpha value is 0.0800. The van der Waals surface area contributed by atoms with Gasteiger partial charge in [-0.05, 0) is 82.6 Å². The third-order valence-electron chi connectivity index (χ3n) is 7.95. The summed E-state index contributed by atoms with van der Waals surface area (Å²) in [5, 5.41) is 3.75. The molecule has 4 aliphatic heterocycles. The van der Waals surface area contributed by atoms with Gasteiger partial charge in [-0.3, -0.25) is 0 Å². The van der Waals surface area contributed by atoms with Gasteiger partial charge in [0.05, 0.1) is 0 Å². The molecule has 24 heavy (non-hydrogen) atoms. The molecule has 0 nitrogen and oxygen atoms in total. The van der Waals surface area contributed by atoms with Gasteiger partial charge in [0.1, 0.15) is 0 Å². The molecule has 8 atom stereocenters. The van der Waals surface area contributed by atoms with Crippen molar-refractivity contribution in [2.24, 2.45) is 23.7 Å². The average molecular weight is 358 g/mol. The molecule has 0 aromatic heterocycles. The van der Waals surface area contributed by atoms with Crippen LogP contribution < -0.4 is 10.6 Å². The second-order valence-electron chi connectivity index (χ2n) is 9.42. The smallest absolute Gasteiger partial charge is 0.0137 e. The normalized spacial score (nSPS) is 52.3. The van der Waals surface area contributed by atoms with Crippen molar-refractivity contribution in [2.45, 2.75) is 76.0 Å². The van der Waals surface area contributed by atoms with E-state index in [4.69, 9.17) is 0 Å². The van der Waals surface area contributed by atoms with Crippen LogP contribution in [0.2, 0.25) is 0 Å². The van der Waals surface area contributed by atoms with E-state index in [0.29, 0.717) is 0 Å². The molecule has 0 saturated carbocycles. The monoisotopic (exact) mass is 358 g/mol. The minimum absolute atomic E-state index is 0.110. The molecule has 4 aliphatic rings. The summed E-state index contributed by atoms with van der Waals surface area (Å²) in [5.74, 6) is 3.93. The predicted molar refractivity (Wildman–Crippen MR) is 110 cm³/mol. The van der Waals surface area contributed by atoms with Crippen LogP contribution in [0.25, 0.3) is 0 Å². The lowest BCUT2D eigenvalue weighted by Crippen LogP contribution is -2.27. The summed E-state index contributed by atoms with van der Waals surface area (Å²) in [4.78, 5) is 0. The van der Waals surface area contributed by atoms with Crippen LogP contribution in [0.5, 0.6) is 0 Å². The Balaban J connectivity index is 1.56. The molecule has 4 fully saturated rings. The fourth-order valence-corrected chi connectivity index (χ4v) is 16.0. The van der Waals surface area contributed by atoms with Crippen LogP contribution in [-0.2, 0) is 0 Å². The molecule has 0 N–H and O–H groups in total. The lowest BCUT2D eigenvalue weighted by molar-refractivity contribution is 0.365. The molecule has 1 aromatic rings. The van der Waals surface area contributed by atoms with E-state index >= 15 is 0 Å². The van der Waals surface area contributed by atoms with Crippen molar-refractivity contribution in [3.63, 3.8) is 0 Å². The molecular weight excluding hydrogens is 326 g/mol. The minimum atomic E-state index is 0.110. The molecule has 0 amide bonds. The Bertz CT molecular complexity index is 554. The maximum atomic E-state index is 2.58. The van der Waals surface area contributed by atoms with Gasteiger partial charge in [0, 0.05) is 0 Å². The number of hydrogen-bond donors (Lipinski definition) is 0. The molecule has 4 unspecified atom stereocenters. The summed E-state index contributed by atoms with van der Waals surface area (Å²) < 4.78 is 0. The van der Waals surface area contributed by atoms with Crippen LogP contribution in [0.4, 0.5) is 0 Å². The molecule has 2 heteroatoms. The van der Waals surface area contributed by atoms with Crippen molar-refractivity contribution >= 4 is 26.5 Å². The summed E-state index contributed by atoms with van der Waals surface area (Å²) in [6.07, 6.45) is 6.07. The van der Waals surface area contributed by atoms with Crippen molar-refractivity contribution in [2.75, 3.05) is 0 Å². The molecule has 4 bridgehead atoms. The topological polar surface area (TPSA) is 0 Å². The van der Waals surface area contributed by atoms with Crippen LogP contribution in [0.3, 0.4) is 0 Å². The maximum absolute atomic E-state index is 2.58. The Morgan fingerprint density at radius 3 is 1.17 bits per heavy atom. The summed E-state index contributed by atoms with van der Waals surface area (Å²) >= 11 is 0. The first-order chi connectivity index (χ1) is 11.6. The van der Waals surface area contributed by atoms with Gasteiger partial charge >= 0.3 is 0 Å². The molecule has 5 rings (SSSR count). The van der Waals surface area contributed by atoms with E-state index in [2.05, 4.69) is 52.0 Å². The van der Waals surface area contributed by atoms with Crippen LogP contribution in [0.15, 0.2) is 24.3 Å². The van der Waals surface area contributed by atoms with E-state index in [1.54, 1.807) is 0 Å². The second kappa shape index (κ2) is 5.79. The molecule has 130 valence electrons. The van der Waals surface area contributed by atoms with Crippen LogP contribution in [0, 0.1) is 23.7 Å². The largest absolute Gasteiger partial charge is 0.0677 e. The Kier molecular flexibility index (Phi) is 3.93. The van der Waals surface area contributed by atoms with E-state index in [9.17, 15) is 0 Å². The lowest BCUT2D eigenvalue weighted by atomic mass is 9.84. The molecule has 4 saturated heterocycles. The Labute approximate surface area is 150 Å². The van der Waals surface area contributed by atoms with E-state index in [1.165, 1.54) is 25.7 Å². The predicted octanol–water partition coefficient (Wildman–Crippen LogP) is 5.53. The number of fused-ring (bicyclic) bond motifs is 4. The first-order valence-corrected chi connectivity index (χ1v) is 13.2. The van der Waals surface area contributed by atoms with Gasteiger partial charge in [0.25, 0.3) is 0 Å². The van der Waals surface area contributed by atoms with Gasteiger partial charge in [0.15, 0.2) is 0 Å². The summed E-state index contributed by atoms with van der Waals surface area (Å²) in [6.45, 7) is 10.2. The van der Waals surface area contributed by atoms with Gasteiger partial charge in [-0.25, -0.2) is 0 Å². The van der Waals surface area contributed by atoms with Crippen LogP contribution in [0.1, 0.15) is 53.4 Å². The fraction of sp³-hybridized carbons (Fsp3) is 0.727. The average Bonchev–Trinajstić information content (AvgIpc) is 3.24. The Morgan fingerprint density at radius 1 is 0.583 bits per heavy atom. The standard InChI is InChI=1S/C22H32P2/c1-13-9-20-14(2)10-19(13)23(20)17-7-5-6-8-18(17)24-21-12-16(4)22(24)11-15(21)3/h5-8,13-16,19-22H,9-12H2,1-4H3/t13-,14-,15?,16?,19+,20+,21?,22?,24?/m0/s1. The maximum Gasteiger partial charge on any atom is -0.0137 e. The highest BCUT2D eigenvalue weighted by molar-refractivity contribution is 7.74. The fourth-order valence-electron chi connectivity index (χ4n) is 6.74. The first-order valence-electron chi connectivity index (χ1n) is 10.2. The zero-order valence-corrected chi connectivity index (χ0v) is 17.4. The van der Waals surface area contributed by atoms with Gasteiger partial charge < -0.3 is 0 Å². The minimum Gasteiger partial charge on any atom is -0.0677 e. The molecule has 0 spiro atoms. The van der Waals surface area contributed by atoms with Crippen LogP contribution >= 0.6 is 15.8 Å². The number of benzene rings is 1.